The van der Waals surface area contributed by atoms with Gasteiger partial charge in [-0.05, 0) is 73.9 Å². The number of ketones is 1. The van der Waals surface area contributed by atoms with Crippen LogP contribution in [-0.2, 0) is 16.0 Å². The summed E-state index contributed by atoms with van der Waals surface area (Å²) in [6.07, 6.45) is 2.49. The molecule has 3 aromatic carbocycles. The van der Waals surface area contributed by atoms with Crippen LogP contribution in [0.3, 0.4) is 0 Å². The maximum atomic E-state index is 13.4. The molecule has 4 aromatic rings. The Balaban J connectivity index is 1.53. The molecular formula is C31H30N2O5. The second-order valence-electron chi connectivity index (χ2n) is 9.06. The Morgan fingerprint density at radius 3 is 2.18 bits per heavy atom. The lowest BCUT2D eigenvalue weighted by Gasteiger charge is -2.25. The highest BCUT2D eigenvalue weighted by Gasteiger charge is 2.45. The van der Waals surface area contributed by atoms with Crippen molar-refractivity contribution in [2.24, 2.45) is 0 Å². The molecular weight excluding hydrogens is 480 g/mol. The van der Waals surface area contributed by atoms with Crippen LogP contribution in [0.1, 0.15) is 36.6 Å². The average molecular weight is 511 g/mol. The van der Waals surface area contributed by atoms with E-state index in [2.05, 4.69) is 4.98 Å². The van der Waals surface area contributed by atoms with E-state index < -0.39 is 17.7 Å². The first kappa shape index (κ1) is 25.1. The number of carbonyl (C=O) groups excluding carboxylic acids is 2. The molecule has 1 saturated heterocycles. The van der Waals surface area contributed by atoms with Gasteiger partial charge in [-0.1, -0.05) is 30.3 Å². The predicted molar refractivity (Wildman–Crippen MR) is 146 cm³/mol. The van der Waals surface area contributed by atoms with Crippen LogP contribution in [-0.4, -0.2) is 46.4 Å². The van der Waals surface area contributed by atoms with Crippen LogP contribution in [0.2, 0.25) is 0 Å². The SMILES string of the molecule is CCOc1ccc(/C(O)=C2\C(=O)C(=O)N(CCc3c[nH]c4ccccc34)C2c2ccc(OCC)cc2)cc1. The van der Waals surface area contributed by atoms with Crippen molar-refractivity contribution in [3.8, 4) is 11.5 Å². The molecule has 5 rings (SSSR count). The first-order valence-electron chi connectivity index (χ1n) is 12.8. The molecule has 7 nitrogen and oxygen atoms in total. The lowest BCUT2D eigenvalue weighted by molar-refractivity contribution is -0.139. The van der Waals surface area contributed by atoms with E-state index in [1.54, 1.807) is 29.2 Å². The molecule has 7 heteroatoms. The number of hydrogen-bond donors (Lipinski definition) is 2. The van der Waals surface area contributed by atoms with Crippen LogP contribution in [0, 0.1) is 0 Å². The van der Waals surface area contributed by atoms with Crippen LogP contribution < -0.4 is 9.47 Å². The number of nitrogens with zero attached hydrogens (tertiary/aromatic N) is 1. The average Bonchev–Trinajstić information content (AvgIpc) is 3.46. The molecule has 0 aliphatic carbocycles. The fourth-order valence-corrected chi connectivity index (χ4v) is 4.98. The highest BCUT2D eigenvalue weighted by Crippen LogP contribution is 2.40. The zero-order chi connectivity index (χ0) is 26.6. The Labute approximate surface area is 221 Å². The third-order valence-electron chi connectivity index (χ3n) is 6.78. The summed E-state index contributed by atoms with van der Waals surface area (Å²) in [4.78, 5) is 31.5. The smallest absolute Gasteiger partial charge is 0.295 e. The van der Waals surface area contributed by atoms with Gasteiger partial charge in [0.15, 0.2) is 0 Å². The van der Waals surface area contributed by atoms with Crippen LogP contribution in [0.5, 0.6) is 11.5 Å². The van der Waals surface area contributed by atoms with Crippen molar-refractivity contribution in [2.75, 3.05) is 19.8 Å². The summed E-state index contributed by atoms with van der Waals surface area (Å²) in [5.41, 5.74) is 3.31. The predicted octanol–water partition coefficient (Wildman–Crippen LogP) is 5.63. The number of benzene rings is 3. The first-order valence-corrected chi connectivity index (χ1v) is 12.8. The number of para-hydroxylation sites is 1. The quantitative estimate of drug-likeness (QED) is 0.173. The highest BCUT2D eigenvalue weighted by atomic mass is 16.5. The standard InChI is InChI=1S/C31H30N2O5/c1-3-37-23-13-9-20(10-14-23)28-27(29(34)21-11-15-24(16-12-21)38-4-2)30(35)31(36)33(28)18-17-22-19-32-26-8-6-5-7-25(22)26/h5-16,19,28,32,34H,3-4,17-18H2,1-2H3/b29-27+. The fraction of sp³-hybridized carbons (Fsp3) is 0.226. The van der Waals surface area contributed by atoms with Gasteiger partial charge in [0.25, 0.3) is 11.7 Å². The van der Waals surface area contributed by atoms with Gasteiger partial charge in [-0.3, -0.25) is 9.59 Å². The maximum Gasteiger partial charge on any atom is 0.295 e. The van der Waals surface area contributed by atoms with Crippen molar-refractivity contribution in [3.05, 3.63) is 101 Å². The number of amides is 1. The molecule has 1 aromatic heterocycles. The molecule has 1 amide bonds. The number of rotatable bonds is 9. The first-order chi connectivity index (χ1) is 18.5. The van der Waals surface area contributed by atoms with Crippen molar-refractivity contribution in [1.29, 1.82) is 0 Å². The van der Waals surface area contributed by atoms with Crippen molar-refractivity contribution in [3.63, 3.8) is 0 Å². The van der Waals surface area contributed by atoms with E-state index in [9.17, 15) is 14.7 Å². The lowest BCUT2D eigenvalue weighted by Crippen LogP contribution is -2.31. The van der Waals surface area contributed by atoms with Gasteiger partial charge in [-0.15, -0.1) is 0 Å². The Morgan fingerprint density at radius 2 is 1.53 bits per heavy atom. The van der Waals surface area contributed by atoms with E-state index in [0.29, 0.717) is 43.2 Å². The van der Waals surface area contributed by atoms with Gasteiger partial charge in [0.05, 0.1) is 24.8 Å². The number of aromatic amines is 1. The number of ether oxygens (including phenoxy) is 2. The molecule has 0 bridgehead atoms. The van der Waals surface area contributed by atoms with Crippen molar-refractivity contribution < 1.29 is 24.2 Å². The minimum Gasteiger partial charge on any atom is -0.507 e. The second kappa shape index (κ2) is 10.8. The molecule has 2 heterocycles. The molecule has 0 radical (unpaired) electrons. The van der Waals surface area contributed by atoms with Crippen LogP contribution >= 0.6 is 0 Å². The number of hydrogen-bond acceptors (Lipinski definition) is 5. The van der Waals surface area contributed by atoms with Gasteiger partial charge in [-0.2, -0.15) is 0 Å². The highest BCUT2D eigenvalue weighted by molar-refractivity contribution is 6.46. The summed E-state index contributed by atoms with van der Waals surface area (Å²) in [5, 5.41) is 12.4. The molecule has 1 fully saturated rings. The molecule has 0 saturated carbocycles. The Morgan fingerprint density at radius 1 is 0.895 bits per heavy atom. The molecule has 2 N–H and O–H groups in total. The van der Waals surface area contributed by atoms with Gasteiger partial charge < -0.3 is 24.5 Å². The van der Waals surface area contributed by atoms with Crippen LogP contribution in [0.4, 0.5) is 0 Å². The maximum absolute atomic E-state index is 13.4. The minimum atomic E-state index is -0.734. The molecule has 1 aliphatic heterocycles. The number of likely N-dealkylation sites (tertiary alicyclic amines) is 1. The number of aliphatic hydroxyl groups is 1. The topological polar surface area (TPSA) is 91.9 Å². The monoisotopic (exact) mass is 510 g/mol. The van der Waals surface area contributed by atoms with Crippen molar-refractivity contribution in [1.82, 2.24) is 9.88 Å². The van der Waals surface area contributed by atoms with Crippen LogP contribution in [0.15, 0.2) is 84.6 Å². The van der Waals surface area contributed by atoms with Crippen LogP contribution in [0.25, 0.3) is 16.7 Å². The van der Waals surface area contributed by atoms with Crippen molar-refractivity contribution in [2.45, 2.75) is 26.3 Å². The summed E-state index contributed by atoms with van der Waals surface area (Å²) in [7, 11) is 0. The number of aromatic nitrogens is 1. The Bertz CT molecular complexity index is 1490. The lowest BCUT2D eigenvalue weighted by atomic mass is 9.95. The zero-order valence-electron chi connectivity index (χ0n) is 21.4. The molecule has 38 heavy (non-hydrogen) atoms. The van der Waals surface area contributed by atoms with Gasteiger partial charge in [0.1, 0.15) is 17.3 Å². The minimum absolute atomic E-state index is 0.0715. The third-order valence-corrected chi connectivity index (χ3v) is 6.78. The Kier molecular flexibility index (Phi) is 7.18. The van der Waals surface area contributed by atoms with E-state index in [1.165, 1.54) is 0 Å². The zero-order valence-corrected chi connectivity index (χ0v) is 21.4. The third kappa shape index (κ3) is 4.75. The summed E-state index contributed by atoms with van der Waals surface area (Å²) in [6, 6.07) is 21.4. The molecule has 1 aliphatic rings. The fourth-order valence-electron chi connectivity index (χ4n) is 4.98. The van der Waals surface area contributed by atoms with E-state index in [0.717, 1.165) is 22.0 Å². The van der Waals surface area contributed by atoms with Crippen molar-refractivity contribution >= 4 is 28.4 Å². The van der Waals surface area contributed by atoms with E-state index in [-0.39, 0.29) is 11.3 Å². The van der Waals surface area contributed by atoms with Gasteiger partial charge in [0.2, 0.25) is 0 Å². The summed E-state index contributed by atoms with van der Waals surface area (Å²) >= 11 is 0. The van der Waals surface area contributed by atoms with E-state index in [1.807, 2.05) is 68.6 Å². The Hall–Kier alpha value is -4.52. The number of H-pyrrole nitrogens is 1. The second-order valence-corrected chi connectivity index (χ2v) is 9.06. The molecule has 1 unspecified atom stereocenters. The number of fused-ring (bicyclic) bond motifs is 1. The molecule has 0 spiro atoms. The van der Waals surface area contributed by atoms with Gasteiger partial charge in [-0.25, -0.2) is 0 Å². The summed E-state index contributed by atoms with van der Waals surface area (Å²) in [5.74, 6) is -0.185. The van der Waals surface area contributed by atoms with E-state index in [4.69, 9.17) is 9.47 Å². The number of carbonyl (C=O) groups is 2. The molecule has 194 valence electrons. The molecule has 1 atom stereocenters. The van der Waals surface area contributed by atoms with Gasteiger partial charge in [0, 0.05) is 29.2 Å². The number of nitrogens with one attached hydrogen (secondary N) is 1. The summed E-state index contributed by atoms with van der Waals surface area (Å²) < 4.78 is 11.1. The number of aliphatic hydroxyl groups excluding tert-OH is 1. The van der Waals surface area contributed by atoms with E-state index >= 15 is 0 Å². The number of Topliss-reactive ketones (excluding diaryl/α,β-unsaturated/α-hetero) is 1. The van der Waals surface area contributed by atoms with Gasteiger partial charge >= 0.3 is 0 Å². The normalized spacial score (nSPS) is 16.8. The largest absolute Gasteiger partial charge is 0.507 e. The summed E-state index contributed by atoms with van der Waals surface area (Å²) in [6.45, 7) is 5.15.